The van der Waals surface area contributed by atoms with Crippen LogP contribution in [-0.4, -0.2) is 20.4 Å². The standard InChI is InChI=1S/C8H6F2N4/c9-8(10)7-6(12-14-13-7)5-3-1-2-4-11-5/h1-4,8H,(H,12,13,14). The molecule has 2 aromatic heterocycles. The fourth-order valence-electron chi connectivity index (χ4n) is 1.08. The van der Waals surface area contributed by atoms with Gasteiger partial charge in [0.05, 0.1) is 5.69 Å². The summed E-state index contributed by atoms with van der Waals surface area (Å²) in [5.41, 5.74) is 0.112. The molecule has 1 N–H and O–H groups in total. The van der Waals surface area contributed by atoms with Gasteiger partial charge in [0.1, 0.15) is 5.69 Å². The molecule has 0 radical (unpaired) electrons. The lowest BCUT2D eigenvalue weighted by molar-refractivity contribution is 0.146. The van der Waals surface area contributed by atoms with Crippen molar-refractivity contribution in [2.45, 2.75) is 6.43 Å². The van der Waals surface area contributed by atoms with Gasteiger partial charge in [0.15, 0.2) is 5.69 Å². The van der Waals surface area contributed by atoms with Crippen molar-refractivity contribution in [3.63, 3.8) is 0 Å². The second-order valence-electron chi connectivity index (χ2n) is 2.57. The molecule has 0 aliphatic rings. The molecule has 2 heterocycles. The van der Waals surface area contributed by atoms with Crippen LogP contribution in [0.4, 0.5) is 8.78 Å². The van der Waals surface area contributed by atoms with Crippen molar-refractivity contribution in [1.82, 2.24) is 20.4 Å². The summed E-state index contributed by atoms with van der Waals surface area (Å²) < 4.78 is 24.8. The van der Waals surface area contributed by atoms with Crippen molar-refractivity contribution in [1.29, 1.82) is 0 Å². The zero-order valence-electron chi connectivity index (χ0n) is 6.98. The van der Waals surface area contributed by atoms with E-state index < -0.39 is 6.43 Å². The lowest BCUT2D eigenvalue weighted by atomic mass is 10.2. The van der Waals surface area contributed by atoms with Gasteiger partial charge in [-0.05, 0) is 12.1 Å². The molecule has 0 aliphatic carbocycles. The van der Waals surface area contributed by atoms with Crippen molar-refractivity contribution in [3.05, 3.63) is 30.1 Å². The molecule has 4 nitrogen and oxygen atoms in total. The molecule has 0 unspecified atom stereocenters. The van der Waals surface area contributed by atoms with Crippen LogP contribution >= 0.6 is 0 Å². The number of aromatic amines is 1. The summed E-state index contributed by atoms with van der Waals surface area (Å²) in [5, 5.41) is 9.15. The average Bonchev–Trinajstić information content (AvgIpc) is 2.67. The van der Waals surface area contributed by atoms with E-state index in [0.717, 1.165) is 0 Å². The molecule has 0 spiro atoms. The Balaban J connectivity index is 2.47. The van der Waals surface area contributed by atoms with E-state index in [-0.39, 0.29) is 11.4 Å². The minimum atomic E-state index is -2.65. The predicted molar refractivity (Wildman–Crippen MR) is 44.6 cm³/mol. The summed E-state index contributed by atoms with van der Waals surface area (Å²) in [6.07, 6.45) is -1.13. The maximum Gasteiger partial charge on any atom is 0.284 e. The molecule has 0 saturated carbocycles. The number of H-pyrrole nitrogens is 1. The molecule has 0 saturated heterocycles. The monoisotopic (exact) mass is 196 g/mol. The Bertz CT molecular complexity index is 412. The SMILES string of the molecule is FC(F)c1n[nH]nc1-c1ccccn1. The average molecular weight is 196 g/mol. The van der Waals surface area contributed by atoms with Crippen molar-refractivity contribution in [2.24, 2.45) is 0 Å². The van der Waals surface area contributed by atoms with Crippen LogP contribution in [0.3, 0.4) is 0 Å². The minimum absolute atomic E-state index is 0.0978. The van der Waals surface area contributed by atoms with Gasteiger partial charge in [0.25, 0.3) is 6.43 Å². The maximum absolute atomic E-state index is 12.4. The number of hydrogen-bond acceptors (Lipinski definition) is 3. The van der Waals surface area contributed by atoms with Gasteiger partial charge in [0, 0.05) is 6.20 Å². The maximum atomic E-state index is 12.4. The number of halogens is 2. The highest BCUT2D eigenvalue weighted by atomic mass is 19.3. The van der Waals surface area contributed by atoms with E-state index in [2.05, 4.69) is 20.4 Å². The molecule has 0 atom stereocenters. The van der Waals surface area contributed by atoms with Gasteiger partial charge < -0.3 is 0 Å². The van der Waals surface area contributed by atoms with Crippen LogP contribution in [0.2, 0.25) is 0 Å². The number of alkyl halides is 2. The minimum Gasteiger partial charge on any atom is -0.254 e. The van der Waals surface area contributed by atoms with Gasteiger partial charge in [-0.25, -0.2) is 8.78 Å². The second kappa shape index (κ2) is 3.49. The van der Waals surface area contributed by atoms with Crippen molar-refractivity contribution in [2.75, 3.05) is 0 Å². The fraction of sp³-hybridized carbons (Fsp3) is 0.125. The van der Waals surface area contributed by atoms with Gasteiger partial charge in [-0.1, -0.05) is 6.07 Å². The number of nitrogens with one attached hydrogen (secondary N) is 1. The number of pyridine rings is 1. The Hall–Kier alpha value is -1.85. The van der Waals surface area contributed by atoms with E-state index in [9.17, 15) is 8.78 Å². The van der Waals surface area contributed by atoms with Gasteiger partial charge in [-0.2, -0.15) is 15.4 Å². The van der Waals surface area contributed by atoms with E-state index in [1.165, 1.54) is 6.20 Å². The molecule has 0 aromatic carbocycles. The van der Waals surface area contributed by atoms with E-state index in [1.54, 1.807) is 18.2 Å². The highest BCUT2D eigenvalue weighted by Gasteiger charge is 2.19. The summed E-state index contributed by atoms with van der Waals surface area (Å²) in [5.74, 6) is 0. The van der Waals surface area contributed by atoms with Crippen LogP contribution in [0.1, 0.15) is 12.1 Å². The van der Waals surface area contributed by atoms with Crippen molar-refractivity contribution in [3.8, 4) is 11.4 Å². The number of hydrogen-bond donors (Lipinski definition) is 1. The van der Waals surface area contributed by atoms with Crippen molar-refractivity contribution < 1.29 is 8.78 Å². The van der Waals surface area contributed by atoms with Gasteiger partial charge in [0.2, 0.25) is 0 Å². The molecule has 2 rings (SSSR count). The van der Waals surface area contributed by atoms with E-state index in [0.29, 0.717) is 5.69 Å². The van der Waals surface area contributed by atoms with E-state index in [4.69, 9.17) is 0 Å². The number of aromatic nitrogens is 4. The largest absolute Gasteiger partial charge is 0.284 e. The topological polar surface area (TPSA) is 54.5 Å². The molecule has 72 valence electrons. The third-order valence-corrected chi connectivity index (χ3v) is 1.69. The normalized spacial score (nSPS) is 10.8. The first-order valence-electron chi connectivity index (χ1n) is 3.89. The van der Waals surface area contributed by atoms with E-state index in [1.807, 2.05) is 0 Å². The first-order chi connectivity index (χ1) is 6.79. The molecule has 2 aromatic rings. The smallest absolute Gasteiger partial charge is 0.254 e. The van der Waals surface area contributed by atoms with Gasteiger partial charge in [-0.15, -0.1) is 0 Å². The zero-order valence-corrected chi connectivity index (χ0v) is 6.98. The first-order valence-corrected chi connectivity index (χ1v) is 3.89. The Morgan fingerprint density at radius 3 is 2.71 bits per heavy atom. The Morgan fingerprint density at radius 1 is 1.21 bits per heavy atom. The molecule has 0 bridgehead atoms. The molecular formula is C8H6F2N4. The third kappa shape index (κ3) is 1.46. The second-order valence-corrected chi connectivity index (χ2v) is 2.57. The predicted octanol–water partition coefficient (Wildman–Crippen LogP) is 1.80. The Kier molecular flexibility index (Phi) is 2.18. The first kappa shape index (κ1) is 8.74. The number of nitrogens with zero attached hydrogens (tertiary/aromatic N) is 3. The van der Waals surface area contributed by atoms with Crippen LogP contribution in [0, 0.1) is 0 Å². The van der Waals surface area contributed by atoms with Crippen LogP contribution in [0.5, 0.6) is 0 Å². The summed E-state index contributed by atoms with van der Waals surface area (Å²) >= 11 is 0. The zero-order chi connectivity index (χ0) is 9.97. The quantitative estimate of drug-likeness (QED) is 0.796. The fourth-order valence-corrected chi connectivity index (χ4v) is 1.08. The van der Waals surface area contributed by atoms with Crippen LogP contribution in [-0.2, 0) is 0 Å². The van der Waals surface area contributed by atoms with Gasteiger partial charge >= 0.3 is 0 Å². The number of rotatable bonds is 2. The molecular weight excluding hydrogens is 190 g/mol. The Morgan fingerprint density at radius 2 is 2.07 bits per heavy atom. The lowest BCUT2D eigenvalue weighted by Crippen LogP contribution is -1.90. The Labute approximate surface area is 78.0 Å². The summed E-state index contributed by atoms with van der Waals surface area (Å²) in [7, 11) is 0. The van der Waals surface area contributed by atoms with Crippen LogP contribution < -0.4 is 0 Å². The summed E-state index contributed by atoms with van der Waals surface area (Å²) in [6.45, 7) is 0. The summed E-state index contributed by atoms with van der Waals surface area (Å²) in [6, 6.07) is 5.00. The third-order valence-electron chi connectivity index (χ3n) is 1.69. The molecule has 14 heavy (non-hydrogen) atoms. The molecule has 0 fully saturated rings. The van der Waals surface area contributed by atoms with Crippen LogP contribution in [0.25, 0.3) is 11.4 Å². The molecule has 0 aliphatic heterocycles. The van der Waals surface area contributed by atoms with Crippen LogP contribution in [0.15, 0.2) is 24.4 Å². The highest BCUT2D eigenvalue weighted by molar-refractivity contribution is 5.56. The molecule has 6 heteroatoms. The summed E-state index contributed by atoms with van der Waals surface area (Å²) in [4.78, 5) is 3.91. The van der Waals surface area contributed by atoms with E-state index >= 15 is 0 Å². The van der Waals surface area contributed by atoms with Gasteiger partial charge in [-0.3, -0.25) is 4.98 Å². The highest BCUT2D eigenvalue weighted by Crippen LogP contribution is 2.25. The lowest BCUT2D eigenvalue weighted by Gasteiger charge is -1.97. The van der Waals surface area contributed by atoms with Crippen molar-refractivity contribution >= 4 is 0 Å². The molecule has 0 amide bonds.